The molecule has 0 aliphatic carbocycles. The topological polar surface area (TPSA) is 42.3 Å². The van der Waals surface area contributed by atoms with E-state index in [0.717, 1.165) is 67.2 Å². The van der Waals surface area contributed by atoms with Crippen LogP contribution in [0.5, 0.6) is 5.75 Å². The number of nitrogens with zero attached hydrogens (tertiary/aromatic N) is 3. The molecular weight excluding hydrogens is 427 g/mol. The monoisotopic (exact) mass is 458 g/mol. The molecule has 176 valence electrons. The summed E-state index contributed by atoms with van der Waals surface area (Å²) in [6.07, 6.45) is 3.19. The van der Waals surface area contributed by atoms with Crippen LogP contribution in [0.15, 0.2) is 72.8 Å². The number of piperidine rings is 1. The van der Waals surface area contributed by atoms with E-state index in [1.165, 1.54) is 17.7 Å². The molecule has 2 heterocycles. The Hall–Kier alpha value is -3.38. The van der Waals surface area contributed by atoms with Gasteiger partial charge in [-0.05, 0) is 66.8 Å². The Labute approximate surface area is 200 Å². The number of hydrogen-bond acceptors (Lipinski definition) is 4. The maximum atomic E-state index is 13.4. The molecule has 0 saturated carbocycles. The second kappa shape index (κ2) is 10.3. The third kappa shape index (κ3) is 5.23. The van der Waals surface area contributed by atoms with E-state index in [-0.39, 0.29) is 5.82 Å². The first-order chi connectivity index (χ1) is 16.7. The fourth-order valence-electron chi connectivity index (χ4n) is 4.72. The van der Waals surface area contributed by atoms with Gasteiger partial charge in [-0.15, -0.1) is 0 Å². The lowest BCUT2D eigenvalue weighted by molar-refractivity contribution is 0.221. The van der Waals surface area contributed by atoms with Gasteiger partial charge >= 0.3 is 0 Å². The molecule has 0 amide bonds. The summed E-state index contributed by atoms with van der Waals surface area (Å²) in [6.45, 7) is 3.85. The van der Waals surface area contributed by atoms with Gasteiger partial charge in [-0.3, -0.25) is 0 Å². The molecule has 3 aromatic carbocycles. The minimum absolute atomic E-state index is 0.212. The largest absolute Gasteiger partial charge is 0.497 e. The van der Waals surface area contributed by atoms with Crippen LogP contribution in [-0.4, -0.2) is 47.2 Å². The average Bonchev–Trinajstić information content (AvgIpc) is 3.22. The van der Waals surface area contributed by atoms with Crippen molar-refractivity contribution in [1.29, 1.82) is 0 Å². The van der Waals surface area contributed by atoms with E-state index in [1.807, 2.05) is 36.4 Å². The number of anilines is 1. The highest BCUT2D eigenvalue weighted by Gasteiger charge is 2.21. The van der Waals surface area contributed by atoms with E-state index in [9.17, 15) is 4.39 Å². The predicted octanol–water partition coefficient (Wildman–Crippen LogP) is 5.35. The van der Waals surface area contributed by atoms with Crippen LogP contribution >= 0.6 is 0 Å². The number of imidazole rings is 1. The molecule has 0 unspecified atom stereocenters. The second-order valence-corrected chi connectivity index (χ2v) is 9.00. The summed E-state index contributed by atoms with van der Waals surface area (Å²) in [5.41, 5.74) is 4.43. The van der Waals surface area contributed by atoms with Crippen molar-refractivity contribution >= 4 is 17.0 Å². The smallest absolute Gasteiger partial charge is 0.204 e. The van der Waals surface area contributed by atoms with Crippen LogP contribution in [0, 0.1) is 5.82 Å². The first kappa shape index (κ1) is 22.4. The number of nitrogens with one attached hydrogen (secondary N) is 1. The van der Waals surface area contributed by atoms with Crippen molar-refractivity contribution < 1.29 is 9.13 Å². The van der Waals surface area contributed by atoms with Crippen LogP contribution in [0.25, 0.3) is 11.0 Å². The molecule has 1 aromatic heterocycles. The SMILES string of the molecule is COc1cccc(CCN2CCC(Nc3nc4ccccc4n3Cc3ccc(F)cc3)CC2)c1. The average molecular weight is 459 g/mol. The number of fused-ring (bicyclic) bond motifs is 1. The lowest BCUT2D eigenvalue weighted by Gasteiger charge is -2.32. The minimum Gasteiger partial charge on any atom is -0.497 e. The lowest BCUT2D eigenvalue weighted by Crippen LogP contribution is -2.40. The third-order valence-electron chi connectivity index (χ3n) is 6.68. The van der Waals surface area contributed by atoms with Crippen molar-refractivity contribution in [3.05, 3.63) is 89.7 Å². The standard InChI is InChI=1S/C28H31FN4O/c1-34-25-6-4-5-21(19-25)13-16-32-17-14-24(15-18-32)30-28-31-26-7-2-3-8-27(26)33(28)20-22-9-11-23(29)12-10-22/h2-12,19,24H,13-18,20H2,1H3,(H,30,31). The van der Waals surface area contributed by atoms with Gasteiger partial charge in [0, 0.05) is 25.7 Å². The fourth-order valence-corrected chi connectivity index (χ4v) is 4.72. The normalized spacial score (nSPS) is 15.0. The molecule has 1 fully saturated rings. The summed E-state index contributed by atoms with van der Waals surface area (Å²) >= 11 is 0. The van der Waals surface area contributed by atoms with Crippen LogP contribution in [0.3, 0.4) is 0 Å². The van der Waals surface area contributed by atoms with E-state index in [4.69, 9.17) is 9.72 Å². The van der Waals surface area contributed by atoms with E-state index >= 15 is 0 Å². The van der Waals surface area contributed by atoms with Gasteiger partial charge in [0.25, 0.3) is 0 Å². The first-order valence-electron chi connectivity index (χ1n) is 12.0. The van der Waals surface area contributed by atoms with E-state index < -0.39 is 0 Å². The Morgan fingerprint density at radius 2 is 1.76 bits per heavy atom. The van der Waals surface area contributed by atoms with Crippen molar-refractivity contribution in [2.75, 3.05) is 32.1 Å². The van der Waals surface area contributed by atoms with Gasteiger partial charge < -0.3 is 19.5 Å². The van der Waals surface area contributed by atoms with Crippen molar-refractivity contribution in [2.24, 2.45) is 0 Å². The van der Waals surface area contributed by atoms with Crippen molar-refractivity contribution in [3.63, 3.8) is 0 Å². The third-order valence-corrected chi connectivity index (χ3v) is 6.68. The summed E-state index contributed by atoms with van der Waals surface area (Å²) in [7, 11) is 1.71. The maximum Gasteiger partial charge on any atom is 0.204 e. The van der Waals surface area contributed by atoms with Crippen LogP contribution in [0.4, 0.5) is 10.3 Å². The number of aromatic nitrogens is 2. The number of para-hydroxylation sites is 2. The number of hydrogen-bond donors (Lipinski definition) is 1. The van der Waals surface area contributed by atoms with Crippen molar-refractivity contribution in [2.45, 2.75) is 31.8 Å². The molecule has 1 aliphatic rings. The first-order valence-corrected chi connectivity index (χ1v) is 12.0. The maximum absolute atomic E-state index is 13.4. The number of methoxy groups -OCH3 is 1. The van der Waals surface area contributed by atoms with Gasteiger partial charge in [-0.25, -0.2) is 9.37 Å². The summed E-state index contributed by atoms with van der Waals surface area (Å²) in [5, 5.41) is 3.71. The molecule has 6 heteroatoms. The van der Waals surface area contributed by atoms with Crippen LogP contribution in [-0.2, 0) is 13.0 Å². The van der Waals surface area contributed by atoms with Crippen molar-refractivity contribution in [3.8, 4) is 5.75 Å². The molecule has 5 nitrogen and oxygen atoms in total. The van der Waals surface area contributed by atoms with Gasteiger partial charge in [-0.1, -0.05) is 36.4 Å². The van der Waals surface area contributed by atoms with Gasteiger partial charge in [0.05, 0.1) is 24.7 Å². The Kier molecular flexibility index (Phi) is 6.77. The molecule has 34 heavy (non-hydrogen) atoms. The Bertz CT molecular complexity index is 1230. The van der Waals surface area contributed by atoms with E-state index in [0.29, 0.717) is 12.6 Å². The number of likely N-dealkylation sites (tertiary alicyclic amines) is 1. The number of ether oxygens (including phenoxy) is 1. The van der Waals surface area contributed by atoms with Crippen LogP contribution in [0.1, 0.15) is 24.0 Å². The predicted molar refractivity (Wildman–Crippen MR) is 135 cm³/mol. The molecule has 0 spiro atoms. The van der Waals surface area contributed by atoms with Gasteiger partial charge in [0.2, 0.25) is 5.95 Å². The summed E-state index contributed by atoms with van der Waals surface area (Å²) in [6, 6.07) is 23.6. The van der Waals surface area contributed by atoms with Crippen LogP contribution < -0.4 is 10.1 Å². The zero-order valence-electron chi connectivity index (χ0n) is 19.6. The molecule has 1 N–H and O–H groups in total. The summed E-state index contributed by atoms with van der Waals surface area (Å²) in [5.74, 6) is 1.60. The minimum atomic E-state index is -0.212. The molecule has 1 aliphatic heterocycles. The number of benzene rings is 3. The quantitative estimate of drug-likeness (QED) is 0.386. The Morgan fingerprint density at radius 3 is 2.56 bits per heavy atom. The molecular formula is C28H31FN4O. The highest BCUT2D eigenvalue weighted by Crippen LogP contribution is 2.24. The zero-order valence-corrected chi connectivity index (χ0v) is 19.6. The Balaban J connectivity index is 1.22. The molecule has 0 bridgehead atoms. The molecule has 4 aromatic rings. The van der Waals surface area contributed by atoms with Gasteiger partial charge in [-0.2, -0.15) is 0 Å². The highest BCUT2D eigenvalue weighted by molar-refractivity contribution is 5.78. The van der Waals surface area contributed by atoms with Gasteiger partial charge in [0.15, 0.2) is 0 Å². The zero-order chi connectivity index (χ0) is 23.3. The van der Waals surface area contributed by atoms with Gasteiger partial charge in [0.1, 0.15) is 11.6 Å². The summed E-state index contributed by atoms with van der Waals surface area (Å²) < 4.78 is 20.9. The summed E-state index contributed by atoms with van der Waals surface area (Å²) in [4.78, 5) is 7.42. The van der Waals surface area contributed by atoms with E-state index in [2.05, 4.69) is 39.0 Å². The lowest BCUT2D eigenvalue weighted by atomic mass is 10.0. The Morgan fingerprint density at radius 1 is 0.971 bits per heavy atom. The number of rotatable bonds is 8. The fraction of sp³-hybridized carbons (Fsp3) is 0.321. The van der Waals surface area contributed by atoms with Crippen LogP contribution in [0.2, 0.25) is 0 Å². The van der Waals surface area contributed by atoms with Crippen molar-refractivity contribution in [1.82, 2.24) is 14.5 Å². The second-order valence-electron chi connectivity index (χ2n) is 9.00. The van der Waals surface area contributed by atoms with E-state index in [1.54, 1.807) is 7.11 Å². The molecule has 1 saturated heterocycles. The highest BCUT2D eigenvalue weighted by atomic mass is 19.1. The number of halogens is 1. The molecule has 0 atom stereocenters. The molecule has 5 rings (SSSR count). The molecule has 0 radical (unpaired) electrons.